The van der Waals surface area contributed by atoms with E-state index in [1.165, 1.54) is 0 Å². The Hall–Kier alpha value is -2.32. The first-order valence-corrected chi connectivity index (χ1v) is 5.58. The Bertz CT molecular complexity index is 545. The number of carbonyl (C=O) groups is 2. The quantitative estimate of drug-likeness (QED) is 0.815. The highest BCUT2D eigenvalue weighted by molar-refractivity contribution is 5.96. The summed E-state index contributed by atoms with van der Waals surface area (Å²) in [7, 11) is 1.14. The van der Waals surface area contributed by atoms with E-state index in [0.29, 0.717) is 0 Å². The van der Waals surface area contributed by atoms with Crippen LogP contribution in [-0.4, -0.2) is 36.3 Å². The first kappa shape index (κ1) is 16.7. The van der Waals surface area contributed by atoms with Gasteiger partial charge in [0.25, 0.3) is 5.91 Å². The van der Waals surface area contributed by atoms with Crippen molar-refractivity contribution in [2.75, 3.05) is 7.11 Å². The number of benzene rings is 1. The van der Waals surface area contributed by atoms with E-state index in [2.05, 4.69) is 4.74 Å². The first-order chi connectivity index (χ1) is 9.64. The summed E-state index contributed by atoms with van der Waals surface area (Å²) >= 11 is 0. The second-order valence-electron chi connectivity index (χ2n) is 4.03. The van der Waals surface area contributed by atoms with E-state index >= 15 is 0 Å². The average Bonchev–Trinajstić information content (AvgIpc) is 2.36. The molecule has 1 amide bonds. The Morgan fingerprint density at radius 2 is 2.00 bits per heavy atom. The normalized spacial score (nSPS) is 12.6. The second kappa shape index (κ2) is 6.42. The minimum absolute atomic E-state index is 0.221. The molecule has 21 heavy (non-hydrogen) atoms. The van der Waals surface area contributed by atoms with Gasteiger partial charge in [-0.3, -0.25) is 4.79 Å². The summed E-state index contributed by atoms with van der Waals surface area (Å²) in [5, 5.41) is 10.4. The number of carboxylic acid groups (broad SMARTS) is 1. The van der Waals surface area contributed by atoms with Crippen molar-refractivity contribution in [2.45, 2.75) is 18.6 Å². The van der Waals surface area contributed by atoms with Crippen LogP contribution in [0.4, 0.5) is 17.6 Å². The van der Waals surface area contributed by atoms with Gasteiger partial charge in [-0.2, -0.15) is 13.2 Å². The number of halogens is 4. The van der Waals surface area contributed by atoms with Gasteiger partial charge in [0, 0.05) is 5.56 Å². The fraction of sp³-hybridized carbons (Fsp3) is 0.333. The van der Waals surface area contributed by atoms with Crippen molar-refractivity contribution in [3.05, 3.63) is 29.6 Å². The zero-order chi connectivity index (χ0) is 16.2. The lowest BCUT2D eigenvalue weighted by molar-refractivity contribution is -0.157. The molecule has 0 aliphatic carbocycles. The second-order valence-corrected chi connectivity index (χ2v) is 4.03. The van der Waals surface area contributed by atoms with Gasteiger partial charge >= 0.3 is 12.1 Å². The van der Waals surface area contributed by atoms with E-state index in [1.807, 2.05) is 0 Å². The minimum Gasteiger partial charge on any atom is -0.494 e. The molecule has 1 aromatic carbocycles. The summed E-state index contributed by atoms with van der Waals surface area (Å²) in [6.07, 6.45) is -6.47. The Morgan fingerprint density at radius 3 is 2.48 bits per heavy atom. The lowest BCUT2D eigenvalue weighted by atomic mass is 10.1. The van der Waals surface area contributed by atoms with Crippen LogP contribution >= 0.6 is 0 Å². The third-order valence-electron chi connectivity index (χ3n) is 2.45. The van der Waals surface area contributed by atoms with Crippen LogP contribution in [-0.2, 0) is 4.79 Å². The van der Waals surface area contributed by atoms with Crippen molar-refractivity contribution in [2.24, 2.45) is 0 Å². The van der Waals surface area contributed by atoms with Crippen LogP contribution in [0.25, 0.3) is 0 Å². The molecule has 0 aromatic heterocycles. The Labute approximate surface area is 116 Å². The Balaban J connectivity index is 2.89. The van der Waals surface area contributed by atoms with Crippen molar-refractivity contribution in [3.8, 4) is 5.75 Å². The highest BCUT2D eigenvalue weighted by Gasteiger charge is 2.36. The highest BCUT2D eigenvalue weighted by Crippen LogP contribution is 2.22. The molecule has 0 aliphatic rings. The number of methoxy groups -OCH3 is 1. The number of carboxylic acids is 1. The molecule has 0 spiro atoms. The van der Waals surface area contributed by atoms with E-state index in [-0.39, 0.29) is 11.3 Å². The molecule has 2 N–H and O–H groups in total. The standard InChI is InChI=1S/C12H11F4NO4/c1-21-9-4-6(2-3-7(9)13)10(18)17-8(11(19)20)5-12(14,15)16/h2-4,8H,5H2,1H3,(H,17,18)(H,19,20). The number of ether oxygens (including phenoxy) is 1. The summed E-state index contributed by atoms with van der Waals surface area (Å²) in [4.78, 5) is 22.4. The van der Waals surface area contributed by atoms with Gasteiger partial charge in [-0.1, -0.05) is 0 Å². The number of carbonyl (C=O) groups excluding carboxylic acids is 1. The zero-order valence-corrected chi connectivity index (χ0v) is 10.7. The third-order valence-corrected chi connectivity index (χ3v) is 2.45. The molecule has 1 aromatic rings. The monoisotopic (exact) mass is 309 g/mol. The smallest absolute Gasteiger partial charge is 0.391 e. The van der Waals surface area contributed by atoms with Gasteiger partial charge < -0.3 is 15.2 Å². The van der Waals surface area contributed by atoms with Crippen LogP contribution in [0.15, 0.2) is 18.2 Å². The van der Waals surface area contributed by atoms with Gasteiger partial charge in [0.2, 0.25) is 0 Å². The molecule has 5 nitrogen and oxygen atoms in total. The first-order valence-electron chi connectivity index (χ1n) is 5.58. The lowest BCUT2D eigenvalue weighted by Gasteiger charge is -2.16. The van der Waals surface area contributed by atoms with E-state index in [0.717, 1.165) is 25.3 Å². The predicted molar refractivity (Wildman–Crippen MR) is 62.5 cm³/mol. The van der Waals surface area contributed by atoms with E-state index < -0.39 is 36.3 Å². The number of hydrogen-bond acceptors (Lipinski definition) is 3. The predicted octanol–water partition coefficient (Wildman–Crippen LogP) is 1.97. The fourth-order valence-electron chi connectivity index (χ4n) is 1.47. The number of aliphatic carboxylic acids is 1. The van der Waals surface area contributed by atoms with Crippen molar-refractivity contribution < 1.29 is 37.0 Å². The average molecular weight is 309 g/mol. The molecule has 0 radical (unpaired) electrons. The molecule has 0 saturated carbocycles. The summed E-state index contributed by atoms with van der Waals surface area (Å²) < 4.78 is 54.4. The van der Waals surface area contributed by atoms with Crippen LogP contribution in [0.3, 0.4) is 0 Å². The number of rotatable bonds is 5. The number of hydrogen-bond donors (Lipinski definition) is 2. The maximum absolute atomic E-state index is 13.1. The molecule has 0 heterocycles. The van der Waals surface area contributed by atoms with Gasteiger partial charge in [0.15, 0.2) is 11.6 Å². The third kappa shape index (κ3) is 4.93. The van der Waals surface area contributed by atoms with Gasteiger partial charge in [-0.15, -0.1) is 0 Å². The topological polar surface area (TPSA) is 75.6 Å². The molecule has 116 valence electrons. The van der Waals surface area contributed by atoms with Crippen LogP contribution in [0, 0.1) is 5.82 Å². The maximum atomic E-state index is 13.1. The van der Waals surface area contributed by atoms with Crippen LogP contribution < -0.4 is 10.1 Å². The minimum atomic E-state index is -4.75. The zero-order valence-electron chi connectivity index (χ0n) is 10.7. The van der Waals surface area contributed by atoms with E-state index in [9.17, 15) is 27.2 Å². The highest BCUT2D eigenvalue weighted by atomic mass is 19.4. The molecule has 0 saturated heterocycles. The Morgan fingerprint density at radius 1 is 1.38 bits per heavy atom. The van der Waals surface area contributed by atoms with Crippen molar-refractivity contribution >= 4 is 11.9 Å². The molecule has 9 heteroatoms. The van der Waals surface area contributed by atoms with Gasteiger partial charge in [0.1, 0.15) is 6.04 Å². The largest absolute Gasteiger partial charge is 0.494 e. The van der Waals surface area contributed by atoms with Crippen molar-refractivity contribution in [1.29, 1.82) is 0 Å². The van der Waals surface area contributed by atoms with Gasteiger partial charge in [0.05, 0.1) is 13.5 Å². The SMILES string of the molecule is COc1cc(C(=O)NC(CC(F)(F)F)C(=O)O)ccc1F. The van der Waals surface area contributed by atoms with Crippen molar-refractivity contribution in [3.63, 3.8) is 0 Å². The number of amides is 1. The molecular formula is C12H11F4NO4. The molecular weight excluding hydrogens is 298 g/mol. The molecule has 0 fully saturated rings. The van der Waals surface area contributed by atoms with Crippen molar-refractivity contribution in [1.82, 2.24) is 5.32 Å². The number of nitrogens with one attached hydrogen (secondary N) is 1. The van der Waals surface area contributed by atoms with E-state index in [1.54, 1.807) is 5.32 Å². The van der Waals surface area contributed by atoms with E-state index in [4.69, 9.17) is 5.11 Å². The van der Waals surface area contributed by atoms with Crippen LogP contribution in [0.1, 0.15) is 16.8 Å². The maximum Gasteiger partial charge on any atom is 0.391 e. The van der Waals surface area contributed by atoms with Crippen LogP contribution in [0.2, 0.25) is 0 Å². The lowest BCUT2D eigenvalue weighted by Crippen LogP contribution is -2.43. The Kier molecular flexibility index (Phi) is 5.12. The van der Waals surface area contributed by atoms with Gasteiger partial charge in [-0.05, 0) is 18.2 Å². The molecule has 0 bridgehead atoms. The van der Waals surface area contributed by atoms with Gasteiger partial charge in [-0.25, -0.2) is 9.18 Å². The number of alkyl halides is 3. The summed E-state index contributed by atoms with van der Waals surface area (Å²) in [5.41, 5.74) is -0.221. The molecule has 1 rings (SSSR count). The molecule has 0 aliphatic heterocycles. The summed E-state index contributed by atoms with van der Waals surface area (Å²) in [5.74, 6) is -3.95. The fourth-order valence-corrected chi connectivity index (χ4v) is 1.47. The summed E-state index contributed by atoms with van der Waals surface area (Å²) in [6.45, 7) is 0. The molecule has 1 atom stereocenters. The van der Waals surface area contributed by atoms with Crippen LogP contribution in [0.5, 0.6) is 5.75 Å². The molecule has 1 unspecified atom stereocenters. The summed E-state index contributed by atoms with van der Waals surface area (Å²) in [6, 6.07) is 0.706.